The number of nitrogens with one attached hydrogen (secondary N) is 2. The van der Waals surface area contributed by atoms with Gasteiger partial charge in [-0.1, -0.05) is 11.6 Å². The molecule has 1 unspecified atom stereocenters. The molecule has 0 bridgehead atoms. The highest BCUT2D eigenvalue weighted by Gasteiger charge is 2.31. The Balaban J connectivity index is 2.26. The van der Waals surface area contributed by atoms with E-state index in [1.54, 1.807) is 6.92 Å². The maximum absolute atomic E-state index is 12.9. The lowest BCUT2D eigenvalue weighted by Gasteiger charge is -2.15. The maximum Gasteiger partial charge on any atom is 0.416 e. The fourth-order valence-electron chi connectivity index (χ4n) is 2.13. The second kappa shape index (κ2) is 8.52. The Kier molecular flexibility index (Phi) is 6.59. The van der Waals surface area contributed by atoms with E-state index >= 15 is 0 Å². The highest BCUT2D eigenvalue weighted by Crippen LogP contribution is 2.32. The number of alkyl halides is 3. The van der Waals surface area contributed by atoms with E-state index in [-0.39, 0.29) is 21.8 Å². The van der Waals surface area contributed by atoms with Gasteiger partial charge in [-0.2, -0.15) is 18.4 Å². The average molecular weight is 416 g/mol. The van der Waals surface area contributed by atoms with Crippen LogP contribution >= 0.6 is 11.6 Å². The van der Waals surface area contributed by atoms with Crippen molar-refractivity contribution < 1.29 is 22.5 Å². The summed E-state index contributed by atoms with van der Waals surface area (Å²) in [5, 5.41) is 8.74. The Morgan fingerprint density at radius 1 is 1.30 bits per heavy atom. The fraction of sp³-hybridized carbons (Fsp3) is 0.176. The molecule has 0 radical (unpaired) electrons. The predicted molar refractivity (Wildman–Crippen MR) is 95.6 cm³/mol. The van der Waals surface area contributed by atoms with E-state index in [1.807, 2.05) is 6.07 Å². The van der Waals surface area contributed by atoms with E-state index in [9.17, 15) is 22.5 Å². The SMILES string of the molecule is CC[S+]([O-])c1ccc(C#N)cc1NNC(=O)c1cc(Cl)cc(C(F)(F)F)c1. The van der Waals surface area contributed by atoms with Crippen LogP contribution in [0.1, 0.15) is 28.4 Å². The minimum atomic E-state index is -4.65. The first kappa shape index (κ1) is 20.9. The van der Waals surface area contributed by atoms with Crippen molar-refractivity contribution in [3.8, 4) is 6.07 Å². The van der Waals surface area contributed by atoms with Gasteiger partial charge in [0, 0.05) is 10.6 Å². The first-order chi connectivity index (χ1) is 12.7. The van der Waals surface area contributed by atoms with Crippen LogP contribution in [-0.4, -0.2) is 16.2 Å². The van der Waals surface area contributed by atoms with Crippen LogP contribution in [0.25, 0.3) is 0 Å². The molecule has 0 heterocycles. The number of nitriles is 1. The molecule has 0 fully saturated rings. The molecule has 0 saturated carbocycles. The lowest BCUT2D eigenvalue weighted by molar-refractivity contribution is -0.137. The number of hydrogen-bond acceptors (Lipinski definition) is 4. The number of anilines is 1. The summed E-state index contributed by atoms with van der Waals surface area (Å²) in [5.74, 6) is -0.573. The number of amides is 1. The Labute approximate surface area is 161 Å². The van der Waals surface area contributed by atoms with Gasteiger partial charge in [-0.15, -0.1) is 0 Å². The summed E-state index contributed by atoms with van der Waals surface area (Å²) in [6.45, 7) is 1.70. The zero-order valence-corrected chi connectivity index (χ0v) is 15.4. The van der Waals surface area contributed by atoms with E-state index in [4.69, 9.17) is 16.9 Å². The van der Waals surface area contributed by atoms with Crippen molar-refractivity contribution in [2.75, 3.05) is 11.2 Å². The molecule has 2 rings (SSSR count). The number of carbonyl (C=O) groups excluding carboxylic acids is 1. The van der Waals surface area contributed by atoms with Crippen LogP contribution in [-0.2, 0) is 17.4 Å². The van der Waals surface area contributed by atoms with Gasteiger partial charge in [-0.05, 0) is 54.5 Å². The smallest absolute Gasteiger partial charge is 0.416 e. The van der Waals surface area contributed by atoms with E-state index in [1.165, 1.54) is 18.2 Å². The van der Waals surface area contributed by atoms with Crippen LogP contribution in [0.2, 0.25) is 5.02 Å². The van der Waals surface area contributed by atoms with Gasteiger partial charge in [0.2, 0.25) is 0 Å². The van der Waals surface area contributed by atoms with Gasteiger partial charge in [0.15, 0.2) is 4.90 Å². The van der Waals surface area contributed by atoms with E-state index in [0.29, 0.717) is 22.8 Å². The number of rotatable bonds is 5. The number of carbonyl (C=O) groups is 1. The van der Waals surface area contributed by atoms with Crippen molar-refractivity contribution in [2.45, 2.75) is 18.0 Å². The monoisotopic (exact) mass is 415 g/mol. The first-order valence-corrected chi connectivity index (χ1v) is 9.22. The third kappa shape index (κ3) is 5.29. The summed E-state index contributed by atoms with van der Waals surface area (Å²) in [4.78, 5) is 12.6. The van der Waals surface area contributed by atoms with E-state index < -0.39 is 28.8 Å². The summed E-state index contributed by atoms with van der Waals surface area (Å²) in [6.07, 6.45) is -4.65. The van der Waals surface area contributed by atoms with Gasteiger partial charge in [0.25, 0.3) is 5.91 Å². The largest absolute Gasteiger partial charge is 0.611 e. The van der Waals surface area contributed by atoms with Crippen molar-refractivity contribution in [1.82, 2.24) is 5.43 Å². The number of benzene rings is 2. The summed E-state index contributed by atoms with van der Waals surface area (Å²) in [7, 11) is 0. The normalized spacial score (nSPS) is 12.2. The molecule has 1 amide bonds. The summed E-state index contributed by atoms with van der Waals surface area (Å²) in [5.41, 5.74) is 3.84. The molecule has 2 aromatic carbocycles. The molecule has 0 aliphatic carbocycles. The number of nitrogens with zero attached hydrogens (tertiary/aromatic N) is 1. The molecule has 0 aliphatic rings. The second-order valence-corrected chi connectivity index (χ2v) is 7.41. The molecule has 0 aromatic heterocycles. The maximum atomic E-state index is 12.9. The predicted octanol–water partition coefficient (Wildman–Crippen LogP) is 4.11. The molecule has 27 heavy (non-hydrogen) atoms. The Morgan fingerprint density at radius 3 is 2.59 bits per heavy atom. The van der Waals surface area contributed by atoms with Crippen LogP contribution in [0, 0.1) is 11.3 Å². The molecular formula is C17H13ClF3N3O2S. The van der Waals surface area contributed by atoms with Gasteiger partial charge in [-0.25, -0.2) is 0 Å². The molecule has 1 atom stereocenters. The van der Waals surface area contributed by atoms with Crippen LogP contribution in [0.15, 0.2) is 41.3 Å². The zero-order chi connectivity index (χ0) is 20.2. The van der Waals surface area contributed by atoms with Crippen LogP contribution in [0.3, 0.4) is 0 Å². The third-order valence-electron chi connectivity index (χ3n) is 3.41. The molecule has 142 valence electrons. The highest BCUT2D eigenvalue weighted by atomic mass is 35.5. The molecule has 0 spiro atoms. The topological polar surface area (TPSA) is 88.0 Å². The van der Waals surface area contributed by atoms with Crippen molar-refractivity contribution >= 4 is 34.4 Å². The Morgan fingerprint density at radius 2 is 2.00 bits per heavy atom. The van der Waals surface area contributed by atoms with Gasteiger partial charge >= 0.3 is 6.18 Å². The fourth-order valence-corrected chi connectivity index (χ4v) is 3.25. The minimum absolute atomic E-state index is 0.209. The lowest BCUT2D eigenvalue weighted by Crippen LogP contribution is -2.30. The number of hydrogen-bond donors (Lipinski definition) is 2. The van der Waals surface area contributed by atoms with E-state index in [2.05, 4.69) is 10.9 Å². The molecule has 2 aromatic rings. The zero-order valence-electron chi connectivity index (χ0n) is 13.9. The van der Waals surface area contributed by atoms with Crippen LogP contribution in [0.5, 0.6) is 0 Å². The van der Waals surface area contributed by atoms with Crippen molar-refractivity contribution in [3.05, 3.63) is 58.1 Å². The van der Waals surface area contributed by atoms with Crippen molar-refractivity contribution in [3.63, 3.8) is 0 Å². The summed E-state index contributed by atoms with van der Waals surface area (Å²) >= 11 is 4.28. The average Bonchev–Trinajstić information content (AvgIpc) is 2.63. The molecule has 2 N–H and O–H groups in total. The van der Waals surface area contributed by atoms with Crippen molar-refractivity contribution in [1.29, 1.82) is 5.26 Å². The molecule has 10 heteroatoms. The standard InChI is InChI=1S/C17H13ClF3N3O2S/c1-2-27(26)15-4-3-10(9-22)5-14(15)23-24-16(25)11-6-12(17(19,20)21)8-13(18)7-11/h3-8,23H,2H2,1H3,(H,24,25). The Hall–Kier alpha value is -2.41. The second-order valence-electron chi connectivity index (χ2n) is 5.26. The minimum Gasteiger partial charge on any atom is -0.611 e. The van der Waals surface area contributed by atoms with Gasteiger partial charge in [-0.3, -0.25) is 15.6 Å². The number of halogens is 4. The van der Waals surface area contributed by atoms with Crippen molar-refractivity contribution in [2.24, 2.45) is 0 Å². The highest BCUT2D eigenvalue weighted by molar-refractivity contribution is 7.91. The molecule has 5 nitrogen and oxygen atoms in total. The van der Waals surface area contributed by atoms with E-state index in [0.717, 1.165) is 6.07 Å². The Bertz CT molecular complexity index is 900. The first-order valence-electron chi connectivity index (χ1n) is 7.52. The molecule has 0 aliphatic heterocycles. The van der Waals surface area contributed by atoms with Gasteiger partial charge in [0.05, 0.1) is 17.2 Å². The van der Waals surface area contributed by atoms with Crippen LogP contribution < -0.4 is 10.9 Å². The van der Waals surface area contributed by atoms with Crippen LogP contribution in [0.4, 0.5) is 18.9 Å². The summed E-state index contributed by atoms with van der Waals surface area (Å²) < 4.78 is 50.6. The lowest BCUT2D eigenvalue weighted by atomic mass is 10.1. The molecular weight excluding hydrogens is 403 g/mol. The molecule has 0 saturated heterocycles. The third-order valence-corrected chi connectivity index (χ3v) is 5.00. The summed E-state index contributed by atoms with van der Waals surface area (Å²) in [6, 6.07) is 8.71. The van der Waals surface area contributed by atoms with Gasteiger partial charge < -0.3 is 4.55 Å². The van der Waals surface area contributed by atoms with Gasteiger partial charge in [0.1, 0.15) is 11.4 Å². The quantitative estimate of drug-likeness (QED) is 0.568. The number of hydrazine groups is 1.